The standard InChI is InChI=1S/C30H36O4S/c1-4-34-29(33-3)35-27-10-9-25(19(2)11-20-5-7-24(8-6-20)28(31)32)15-26(27)30-16-21-12-22(17-30)14-23(13-21)18-30/h5-11,15,21-23,29H,4,12-14,16-18H2,1-3H3,(H,31,32). The van der Waals surface area contributed by atoms with Crippen LogP contribution >= 0.6 is 11.8 Å². The first-order valence-corrected chi connectivity index (χ1v) is 13.7. The van der Waals surface area contributed by atoms with Crippen molar-refractivity contribution >= 4 is 29.4 Å². The molecule has 0 amide bonds. The predicted octanol–water partition coefficient (Wildman–Crippen LogP) is 7.47. The largest absolute Gasteiger partial charge is 0.478 e. The topological polar surface area (TPSA) is 55.8 Å². The zero-order valence-corrected chi connectivity index (χ0v) is 21.8. The molecule has 4 saturated carbocycles. The van der Waals surface area contributed by atoms with Crippen LogP contribution in [0, 0.1) is 17.8 Å². The normalized spacial score (nSPS) is 28.3. The minimum atomic E-state index is -0.896. The number of carboxylic acid groups (broad SMARTS) is 1. The van der Waals surface area contributed by atoms with E-state index in [1.165, 1.54) is 60.1 Å². The number of carbonyl (C=O) groups is 1. The number of hydrogen-bond donors (Lipinski definition) is 1. The Bertz CT molecular complexity index is 1070. The van der Waals surface area contributed by atoms with Crippen molar-refractivity contribution in [3.8, 4) is 0 Å². The van der Waals surface area contributed by atoms with Gasteiger partial charge in [-0.25, -0.2) is 4.79 Å². The number of thioether (sulfide) groups is 1. The Morgan fingerprint density at radius 3 is 2.20 bits per heavy atom. The Hall–Kier alpha value is -2.08. The van der Waals surface area contributed by atoms with Gasteiger partial charge in [-0.15, -0.1) is 0 Å². The molecule has 2 aromatic carbocycles. The Labute approximate surface area is 213 Å². The van der Waals surface area contributed by atoms with Crippen LogP contribution < -0.4 is 0 Å². The van der Waals surface area contributed by atoms with Gasteiger partial charge in [0.1, 0.15) is 0 Å². The van der Waals surface area contributed by atoms with Crippen LogP contribution in [-0.2, 0) is 14.9 Å². The van der Waals surface area contributed by atoms with Crippen LogP contribution in [0.3, 0.4) is 0 Å². The lowest BCUT2D eigenvalue weighted by atomic mass is 9.48. The first-order chi connectivity index (χ1) is 16.9. The summed E-state index contributed by atoms with van der Waals surface area (Å²) in [5.41, 5.74) is 5.18. The third-order valence-corrected chi connectivity index (χ3v) is 9.43. The first-order valence-electron chi connectivity index (χ1n) is 12.9. The van der Waals surface area contributed by atoms with Crippen molar-refractivity contribution in [2.24, 2.45) is 17.8 Å². The lowest BCUT2D eigenvalue weighted by molar-refractivity contribution is -0.0553. The van der Waals surface area contributed by atoms with E-state index >= 15 is 0 Å². The summed E-state index contributed by atoms with van der Waals surface area (Å²) >= 11 is 1.70. The van der Waals surface area contributed by atoms with Gasteiger partial charge in [-0.2, -0.15) is 0 Å². The van der Waals surface area contributed by atoms with Gasteiger partial charge in [0.2, 0.25) is 5.62 Å². The Kier molecular flexibility index (Phi) is 7.11. The van der Waals surface area contributed by atoms with Gasteiger partial charge in [0.15, 0.2) is 0 Å². The van der Waals surface area contributed by atoms with Crippen molar-refractivity contribution in [1.29, 1.82) is 0 Å². The summed E-state index contributed by atoms with van der Waals surface area (Å²) in [7, 11) is 1.72. The molecule has 2 aromatic rings. The van der Waals surface area contributed by atoms with Crippen LogP contribution in [0.1, 0.15) is 79.4 Å². The molecule has 0 spiro atoms. The Morgan fingerprint density at radius 2 is 1.66 bits per heavy atom. The molecule has 0 aliphatic heterocycles. The average Bonchev–Trinajstić information content (AvgIpc) is 2.83. The quantitative estimate of drug-likeness (QED) is 0.223. The van der Waals surface area contributed by atoms with E-state index in [4.69, 9.17) is 9.47 Å². The van der Waals surface area contributed by atoms with Gasteiger partial charge < -0.3 is 14.6 Å². The summed E-state index contributed by atoms with van der Waals surface area (Å²) in [5, 5.41) is 9.19. The summed E-state index contributed by atoms with van der Waals surface area (Å²) in [6.07, 6.45) is 10.3. The molecule has 4 aliphatic rings. The van der Waals surface area contributed by atoms with Crippen molar-refractivity contribution < 1.29 is 19.4 Å². The van der Waals surface area contributed by atoms with E-state index in [9.17, 15) is 9.90 Å². The number of benzene rings is 2. The number of methoxy groups -OCH3 is 1. The minimum Gasteiger partial charge on any atom is -0.478 e. The molecule has 4 bridgehead atoms. The van der Waals surface area contributed by atoms with Crippen LogP contribution in [0.25, 0.3) is 11.6 Å². The molecule has 35 heavy (non-hydrogen) atoms. The molecule has 1 unspecified atom stereocenters. The van der Waals surface area contributed by atoms with Gasteiger partial charge in [-0.3, -0.25) is 0 Å². The highest BCUT2D eigenvalue weighted by atomic mass is 32.2. The van der Waals surface area contributed by atoms with Gasteiger partial charge in [-0.1, -0.05) is 36.0 Å². The molecule has 1 atom stereocenters. The fraction of sp³-hybridized carbons (Fsp3) is 0.500. The van der Waals surface area contributed by atoms with Crippen molar-refractivity contribution in [2.75, 3.05) is 13.7 Å². The molecule has 0 radical (unpaired) electrons. The number of carboxylic acids is 1. The second kappa shape index (κ2) is 10.1. The highest BCUT2D eigenvalue weighted by molar-refractivity contribution is 7.99. The van der Waals surface area contributed by atoms with Crippen LogP contribution in [0.4, 0.5) is 0 Å². The van der Waals surface area contributed by atoms with E-state index in [2.05, 4.69) is 31.2 Å². The van der Waals surface area contributed by atoms with Gasteiger partial charge in [0.25, 0.3) is 0 Å². The first kappa shape index (κ1) is 24.6. The summed E-state index contributed by atoms with van der Waals surface area (Å²) < 4.78 is 11.5. The van der Waals surface area contributed by atoms with Crippen molar-refractivity contribution in [3.05, 3.63) is 64.7 Å². The third kappa shape index (κ3) is 5.09. The zero-order valence-electron chi connectivity index (χ0n) is 21.0. The predicted molar refractivity (Wildman–Crippen MR) is 142 cm³/mol. The van der Waals surface area contributed by atoms with E-state index in [0.29, 0.717) is 12.2 Å². The Morgan fingerprint density at radius 1 is 1.06 bits per heavy atom. The molecular weight excluding hydrogens is 456 g/mol. The van der Waals surface area contributed by atoms with Gasteiger partial charge >= 0.3 is 5.97 Å². The van der Waals surface area contributed by atoms with E-state index in [1.54, 1.807) is 31.0 Å². The zero-order chi connectivity index (χ0) is 24.6. The fourth-order valence-electron chi connectivity index (χ4n) is 7.18. The van der Waals surface area contributed by atoms with Crippen molar-refractivity contribution in [1.82, 2.24) is 0 Å². The highest BCUT2D eigenvalue weighted by Crippen LogP contribution is 2.62. The average molecular weight is 493 g/mol. The second-order valence-corrected chi connectivity index (χ2v) is 11.8. The number of ether oxygens (including phenoxy) is 2. The monoisotopic (exact) mass is 492 g/mol. The van der Waals surface area contributed by atoms with Gasteiger partial charge in [0, 0.05) is 18.6 Å². The molecule has 4 nitrogen and oxygen atoms in total. The van der Waals surface area contributed by atoms with E-state index in [0.717, 1.165) is 23.3 Å². The van der Waals surface area contributed by atoms with Gasteiger partial charge in [-0.05, 0) is 122 Å². The van der Waals surface area contributed by atoms with Crippen LogP contribution in [0.5, 0.6) is 0 Å². The summed E-state index contributed by atoms with van der Waals surface area (Å²) in [6, 6.07) is 14.0. The highest BCUT2D eigenvalue weighted by Gasteiger charge is 2.52. The summed E-state index contributed by atoms with van der Waals surface area (Å²) in [6.45, 7) is 4.78. The van der Waals surface area contributed by atoms with E-state index < -0.39 is 5.97 Å². The maximum absolute atomic E-state index is 11.2. The number of allylic oxidation sites excluding steroid dienone is 1. The second-order valence-electron chi connectivity index (χ2n) is 10.8. The van der Waals surface area contributed by atoms with Crippen molar-refractivity contribution in [2.45, 2.75) is 68.3 Å². The van der Waals surface area contributed by atoms with Crippen molar-refractivity contribution in [3.63, 3.8) is 0 Å². The smallest absolute Gasteiger partial charge is 0.335 e. The molecule has 186 valence electrons. The third-order valence-electron chi connectivity index (χ3n) is 8.30. The molecule has 6 rings (SSSR count). The number of rotatable bonds is 9. The molecule has 4 aliphatic carbocycles. The maximum atomic E-state index is 11.2. The number of aromatic carboxylic acids is 1. The summed E-state index contributed by atoms with van der Waals surface area (Å²) in [5.74, 6) is 1.72. The van der Waals surface area contributed by atoms with Gasteiger partial charge in [0.05, 0.1) is 5.56 Å². The lowest BCUT2D eigenvalue weighted by Crippen LogP contribution is -2.48. The fourth-order valence-corrected chi connectivity index (χ4v) is 8.23. The van der Waals surface area contributed by atoms with Crippen LogP contribution in [-0.4, -0.2) is 30.4 Å². The van der Waals surface area contributed by atoms with E-state index in [-0.39, 0.29) is 11.0 Å². The van der Waals surface area contributed by atoms with E-state index in [1.807, 2.05) is 19.1 Å². The molecule has 4 fully saturated rings. The molecule has 0 aromatic heterocycles. The SMILES string of the molecule is CCOC(OC)Sc1ccc(C(C)=Cc2ccc(C(=O)O)cc2)cc1C12CC3CC(CC(C3)C1)C2. The number of hydrogen-bond acceptors (Lipinski definition) is 4. The molecule has 0 saturated heterocycles. The molecule has 5 heteroatoms. The Balaban J connectivity index is 1.51. The lowest BCUT2D eigenvalue weighted by Gasteiger charge is -2.57. The molecule has 0 heterocycles. The van der Waals surface area contributed by atoms with Crippen LogP contribution in [0.2, 0.25) is 0 Å². The molecular formula is C30H36O4S. The van der Waals surface area contributed by atoms with Crippen LogP contribution in [0.15, 0.2) is 47.4 Å². The maximum Gasteiger partial charge on any atom is 0.335 e. The molecule has 1 N–H and O–H groups in total. The minimum absolute atomic E-state index is 0.265. The summed E-state index contributed by atoms with van der Waals surface area (Å²) in [4.78, 5) is 12.5.